The smallest absolute Gasteiger partial charge is 0.168 e. The quantitative estimate of drug-likeness (QED) is 0.803. The third-order valence-electron chi connectivity index (χ3n) is 6.07. The fourth-order valence-corrected chi connectivity index (χ4v) is 4.80. The first kappa shape index (κ1) is 14.7. The van der Waals surface area contributed by atoms with Crippen LogP contribution >= 0.6 is 0 Å². The van der Waals surface area contributed by atoms with Crippen LogP contribution in [0, 0.1) is 6.92 Å². The number of nitrogens with zero attached hydrogens (tertiary/aromatic N) is 2. The molecular weight excluding hydrogens is 300 g/mol. The molecule has 4 heteroatoms. The Morgan fingerprint density at radius 3 is 2.75 bits per heavy atom. The Morgan fingerprint density at radius 1 is 1.17 bits per heavy atom. The molecule has 1 saturated carbocycles. The molecule has 1 spiro atoms. The second kappa shape index (κ2) is 5.43. The summed E-state index contributed by atoms with van der Waals surface area (Å²) in [5.74, 6) is -0.267. The molecule has 24 heavy (non-hydrogen) atoms. The molecule has 1 saturated heterocycles. The zero-order chi connectivity index (χ0) is 16.1. The molecule has 1 aromatic carbocycles. The molecule has 3 heterocycles. The Morgan fingerprint density at radius 2 is 1.96 bits per heavy atom. The van der Waals surface area contributed by atoms with Crippen LogP contribution in [0.2, 0.25) is 0 Å². The van der Waals surface area contributed by atoms with Crippen molar-refractivity contribution in [2.24, 2.45) is 0 Å². The highest BCUT2D eigenvalue weighted by atomic mass is 16.7. The maximum absolute atomic E-state index is 5.90. The van der Waals surface area contributed by atoms with Gasteiger partial charge in [0.2, 0.25) is 0 Å². The van der Waals surface area contributed by atoms with E-state index in [1.54, 1.807) is 0 Å². The van der Waals surface area contributed by atoms with Crippen molar-refractivity contribution in [1.29, 1.82) is 0 Å². The van der Waals surface area contributed by atoms with Crippen molar-refractivity contribution in [3.05, 3.63) is 35.7 Å². The predicted molar refractivity (Wildman–Crippen MR) is 94.4 cm³/mol. The second-order valence-electron chi connectivity index (χ2n) is 7.35. The fraction of sp³-hybridized carbons (Fsp3) is 0.550. The number of anilines is 1. The van der Waals surface area contributed by atoms with Crippen molar-refractivity contribution in [3.63, 3.8) is 0 Å². The Labute approximate surface area is 142 Å². The highest BCUT2D eigenvalue weighted by Gasteiger charge is 2.42. The number of ether oxygens (including phenoxy) is 2. The summed E-state index contributed by atoms with van der Waals surface area (Å²) in [4.78, 5) is 7.22. The van der Waals surface area contributed by atoms with E-state index in [9.17, 15) is 0 Å². The number of aryl methyl sites for hydroxylation is 1. The molecule has 3 aliphatic rings. The summed E-state index contributed by atoms with van der Waals surface area (Å²) in [7, 11) is 0. The fourth-order valence-electron chi connectivity index (χ4n) is 4.80. The van der Waals surface area contributed by atoms with Crippen LogP contribution in [-0.2, 0) is 15.9 Å². The summed E-state index contributed by atoms with van der Waals surface area (Å²) >= 11 is 0. The van der Waals surface area contributed by atoms with Gasteiger partial charge in [-0.3, -0.25) is 4.98 Å². The van der Waals surface area contributed by atoms with Crippen molar-refractivity contribution in [2.45, 2.75) is 50.9 Å². The summed E-state index contributed by atoms with van der Waals surface area (Å²) in [6, 6.07) is 7.28. The van der Waals surface area contributed by atoms with Gasteiger partial charge in [0.25, 0.3) is 0 Å². The molecular formula is C20H24N2O2. The molecule has 0 radical (unpaired) electrons. The molecule has 1 aliphatic carbocycles. The van der Waals surface area contributed by atoms with E-state index < -0.39 is 0 Å². The minimum Gasteiger partial charge on any atom is -0.368 e. The molecule has 126 valence electrons. The van der Waals surface area contributed by atoms with Gasteiger partial charge in [-0.1, -0.05) is 12.1 Å². The van der Waals surface area contributed by atoms with Gasteiger partial charge in [-0.2, -0.15) is 0 Å². The summed E-state index contributed by atoms with van der Waals surface area (Å²) < 4.78 is 11.8. The lowest BCUT2D eigenvalue weighted by molar-refractivity contribution is -0.178. The molecule has 2 fully saturated rings. The molecule has 0 atom stereocenters. The van der Waals surface area contributed by atoms with Crippen LogP contribution in [0.1, 0.15) is 36.9 Å². The predicted octanol–water partition coefficient (Wildman–Crippen LogP) is 3.59. The maximum Gasteiger partial charge on any atom is 0.168 e. The van der Waals surface area contributed by atoms with Gasteiger partial charge in [-0.15, -0.1) is 0 Å². The number of hydrogen-bond donors (Lipinski definition) is 0. The van der Waals surface area contributed by atoms with Crippen LogP contribution in [0.4, 0.5) is 5.69 Å². The van der Waals surface area contributed by atoms with Crippen molar-refractivity contribution in [2.75, 3.05) is 24.7 Å². The van der Waals surface area contributed by atoms with Crippen molar-refractivity contribution in [3.8, 4) is 0 Å². The van der Waals surface area contributed by atoms with E-state index in [-0.39, 0.29) is 5.79 Å². The second-order valence-corrected chi connectivity index (χ2v) is 7.35. The molecule has 0 amide bonds. The lowest BCUT2D eigenvalue weighted by Crippen LogP contribution is -2.46. The Hall–Kier alpha value is -1.65. The van der Waals surface area contributed by atoms with Crippen LogP contribution in [0.5, 0.6) is 0 Å². The van der Waals surface area contributed by atoms with Crippen LogP contribution in [0.15, 0.2) is 24.4 Å². The monoisotopic (exact) mass is 324 g/mol. The molecule has 4 nitrogen and oxygen atoms in total. The van der Waals surface area contributed by atoms with Gasteiger partial charge in [0.1, 0.15) is 0 Å². The SMILES string of the molecule is Cc1ncc2c3c(cccc13)N(C1CCC3(CC1)OCCO3)CC2. The minimum absolute atomic E-state index is 0.267. The summed E-state index contributed by atoms with van der Waals surface area (Å²) in [6.07, 6.45) is 7.51. The minimum atomic E-state index is -0.267. The van der Waals surface area contributed by atoms with Gasteiger partial charge in [-0.25, -0.2) is 0 Å². The molecule has 5 rings (SSSR count). The molecule has 1 aromatic heterocycles. The van der Waals surface area contributed by atoms with E-state index in [0.29, 0.717) is 6.04 Å². The van der Waals surface area contributed by atoms with E-state index in [1.807, 2.05) is 0 Å². The van der Waals surface area contributed by atoms with Crippen LogP contribution < -0.4 is 4.90 Å². The Kier molecular flexibility index (Phi) is 3.32. The van der Waals surface area contributed by atoms with Gasteiger partial charge in [-0.05, 0) is 37.8 Å². The molecule has 0 bridgehead atoms. The number of aromatic nitrogens is 1. The van der Waals surface area contributed by atoms with E-state index >= 15 is 0 Å². The van der Waals surface area contributed by atoms with E-state index in [0.717, 1.165) is 57.6 Å². The molecule has 2 aromatic rings. The largest absolute Gasteiger partial charge is 0.368 e. The topological polar surface area (TPSA) is 34.6 Å². The highest BCUT2D eigenvalue weighted by Crippen LogP contribution is 2.42. The van der Waals surface area contributed by atoms with Crippen LogP contribution in [0.25, 0.3) is 10.8 Å². The normalized spacial score (nSPS) is 23.3. The summed E-state index contributed by atoms with van der Waals surface area (Å²) in [5.41, 5.74) is 3.93. The van der Waals surface area contributed by atoms with E-state index in [2.05, 4.69) is 41.2 Å². The maximum atomic E-state index is 5.90. The van der Waals surface area contributed by atoms with Crippen molar-refractivity contribution in [1.82, 2.24) is 4.98 Å². The molecule has 2 aliphatic heterocycles. The summed E-state index contributed by atoms with van der Waals surface area (Å²) in [5, 5.41) is 2.73. The van der Waals surface area contributed by atoms with E-state index in [4.69, 9.17) is 9.47 Å². The average molecular weight is 324 g/mol. The highest BCUT2D eigenvalue weighted by molar-refractivity contribution is 5.99. The molecule has 0 unspecified atom stereocenters. The Balaban J connectivity index is 1.48. The van der Waals surface area contributed by atoms with Gasteiger partial charge in [0.05, 0.1) is 13.2 Å². The third-order valence-corrected chi connectivity index (χ3v) is 6.07. The molecule has 0 N–H and O–H groups in total. The number of pyridine rings is 1. The van der Waals surface area contributed by atoms with E-state index in [1.165, 1.54) is 22.0 Å². The first-order valence-electron chi connectivity index (χ1n) is 9.18. The van der Waals surface area contributed by atoms with Gasteiger partial charge < -0.3 is 14.4 Å². The lowest BCUT2D eigenvalue weighted by Gasteiger charge is -2.43. The summed E-state index contributed by atoms with van der Waals surface area (Å²) in [6.45, 7) is 4.72. The number of hydrogen-bond acceptors (Lipinski definition) is 4. The van der Waals surface area contributed by atoms with Gasteiger partial charge >= 0.3 is 0 Å². The van der Waals surface area contributed by atoms with Crippen molar-refractivity contribution < 1.29 is 9.47 Å². The zero-order valence-corrected chi connectivity index (χ0v) is 14.3. The van der Waals surface area contributed by atoms with Gasteiger partial charge in [0, 0.05) is 53.8 Å². The number of benzene rings is 1. The number of rotatable bonds is 1. The Bertz CT molecular complexity index is 773. The zero-order valence-electron chi connectivity index (χ0n) is 14.3. The first-order valence-corrected chi connectivity index (χ1v) is 9.18. The standard InChI is InChI=1S/C20H24N2O2/c1-14-17-3-2-4-18-19(17)15(13-21-14)7-10-22(18)16-5-8-20(9-6-16)23-11-12-24-20/h2-4,13,16H,5-12H2,1H3. The van der Waals surface area contributed by atoms with Gasteiger partial charge in [0.15, 0.2) is 5.79 Å². The first-order chi connectivity index (χ1) is 11.8. The van der Waals surface area contributed by atoms with Crippen molar-refractivity contribution >= 4 is 16.5 Å². The van der Waals surface area contributed by atoms with Crippen LogP contribution in [0.3, 0.4) is 0 Å². The van der Waals surface area contributed by atoms with Crippen LogP contribution in [-0.4, -0.2) is 36.6 Å². The third kappa shape index (κ3) is 2.16. The lowest BCUT2D eigenvalue weighted by atomic mass is 9.87. The average Bonchev–Trinajstić information content (AvgIpc) is 3.07.